The molecule has 0 saturated heterocycles. The number of benzene rings is 1. The van der Waals surface area contributed by atoms with E-state index in [9.17, 15) is 0 Å². The van der Waals surface area contributed by atoms with Gasteiger partial charge >= 0.3 is 0 Å². The van der Waals surface area contributed by atoms with Crippen LogP contribution in [0.3, 0.4) is 0 Å². The van der Waals surface area contributed by atoms with Crippen LogP contribution >= 0.6 is 0 Å². The van der Waals surface area contributed by atoms with Gasteiger partial charge < -0.3 is 15.8 Å². The zero-order chi connectivity index (χ0) is 13.0. The maximum atomic E-state index is 8.79. The molecule has 1 heterocycles. The molecule has 5 heteroatoms. The van der Waals surface area contributed by atoms with Crippen molar-refractivity contribution in [1.29, 1.82) is 0 Å². The minimum Gasteiger partial charge on any atom is -0.409 e. The Kier molecular flexibility index (Phi) is 3.43. The zero-order valence-corrected chi connectivity index (χ0v) is 9.99. The van der Waals surface area contributed by atoms with E-state index in [1.807, 2.05) is 48.3 Å². The minimum absolute atomic E-state index is 0.0772. The Balaban J connectivity index is 2.46. The lowest BCUT2D eigenvalue weighted by Crippen LogP contribution is -2.19. The highest BCUT2D eigenvalue weighted by Gasteiger charge is 2.12. The number of anilines is 2. The van der Waals surface area contributed by atoms with Gasteiger partial charge in [0.25, 0.3) is 0 Å². The number of hydrogen-bond acceptors (Lipinski definition) is 4. The highest BCUT2D eigenvalue weighted by Crippen LogP contribution is 2.24. The summed E-state index contributed by atoms with van der Waals surface area (Å²) in [7, 11) is 1.88. The first-order valence-corrected chi connectivity index (χ1v) is 5.45. The van der Waals surface area contributed by atoms with Crippen molar-refractivity contribution >= 4 is 17.3 Å². The summed E-state index contributed by atoms with van der Waals surface area (Å²) < 4.78 is 0. The maximum Gasteiger partial charge on any atom is 0.172 e. The molecule has 0 saturated carbocycles. The van der Waals surface area contributed by atoms with Gasteiger partial charge in [-0.2, -0.15) is 0 Å². The molecule has 1 aromatic carbocycles. The second kappa shape index (κ2) is 5.18. The molecule has 0 radical (unpaired) electrons. The molecule has 3 N–H and O–H groups in total. The molecule has 0 unspecified atom stereocenters. The van der Waals surface area contributed by atoms with Crippen molar-refractivity contribution in [3.05, 3.63) is 54.2 Å². The Morgan fingerprint density at radius 1 is 1.22 bits per heavy atom. The Labute approximate surface area is 105 Å². The molecule has 18 heavy (non-hydrogen) atoms. The summed E-state index contributed by atoms with van der Waals surface area (Å²) in [6.45, 7) is 0. The molecule has 0 spiro atoms. The molecular weight excluding hydrogens is 228 g/mol. The van der Waals surface area contributed by atoms with Crippen LogP contribution in [0.5, 0.6) is 0 Å². The molecule has 0 fully saturated rings. The van der Waals surface area contributed by atoms with Crippen LogP contribution in [0, 0.1) is 0 Å². The van der Waals surface area contributed by atoms with Crippen LogP contribution in [0.25, 0.3) is 0 Å². The Hall–Kier alpha value is -2.56. The van der Waals surface area contributed by atoms with E-state index in [0.29, 0.717) is 5.56 Å². The highest BCUT2D eigenvalue weighted by atomic mass is 16.4. The van der Waals surface area contributed by atoms with Gasteiger partial charge in [-0.05, 0) is 24.3 Å². The Morgan fingerprint density at radius 2 is 1.94 bits per heavy atom. The predicted molar refractivity (Wildman–Crippen MR) is 71.3 cm³/mol. The number of pyridine rings is 1. The number of rotatable bonds is 3. The van der Waals surface area contributed by atoms with Gasteiger partial charge in [-0.3, -0.25) is 0 Å². The molecule has 2 aromatic rings. The van der Waals surface area contributed by atoms with E-state index in [2.05, 4.69) is 10.1 Å². The van der Waals surface area contributed by atoms with Gasteiger partial charge in [0.05, 0.1) is 5.69 Å². The summed E-state index contributed by atoms with van der Waals surface area (Å²) in [5.74, 6) is 0.865. The largest absolute Gasteiger partial charge is 0.409 e. The second-order valence-electron chi connectivity index (χ2n) is 3.75. The average Bonchev–Trinajstić information content (AvgIpc) is 2.46. The summed E-state index contributed by atoms with van der Waals surface area (Å²) in [5, 5.41) is 11.8. The fourth-order valence-corrected chi connectivity index (χ4v) is 1.71. The molecule has 0 bridgehead atoms. The van der Waals surface area contributed by atoms with Crippen molar-refractivity contribution in [1.82, 2.24) is 4.98 Å². The number of para-hydroxylation sites is 1. The summed E-state index contributed by atoms with van der Waals surface area (Å²) >= 11 is 0. The van der Waals surface area contributed by atoms with Crippen LogP contribution in [0.1, 0.15) is 5.56 Å². The van der Waals surface area contributed by atoms with Gasteiger partial charge in [0.15, 0.2) is 5.84 Å². The van der Waals surface area contributed by atoms with Gasteiger partial charge in [0.2, 0.25) is 0 Å². The van der Waals surface area contributed by atoms with Crippen LogP contribution < -0.4 is 10.6 Å². The number of hydrogen-bond donors (Lipinski definition) is 2. The smallest absolute Gasteiger partial charge is 0.172 e. The summed E-state index contributed by atoms with van der Waals surface area (Å²) in [6, 6.07) is 13.1. The molecule has 0 aliphatic rings. The van der Waals surface area contributed by atoms with Crippen molar-refractivity contribution in [2.75, 3.05) is 11.9 Å². The summed E-state index contributed by atoms with van der Waals surface area (Å²) in [6.07, 6.45) is 1.72. The van der Waals surface area contributed by atoms with E-state index in [0.717, 1.165) is 11.5 Å². The lowest BCUT2D eigenvalue weighted by molar-refractivity contribution is 0.318. The summed E-state index contributed by atoms with van der Waals surface area (Å²) in [4.78, 5) is 6.15. The van der Waals surface area contributed by atoms with Crippen LogP contribution in [0.4, 0.5) is 11.5 Å². The number of oxime groups is 1. The SMILES string of the molecule is CN(c1ccccn1)c1ccccc1C(N)=NO. The van der Waals surface area contributed by atoms with Gasteiger partial charge in [-0.1, -0.05) is 23.4 Å². The standard InChI is InChI=1S/C13H14N4O/c1-17(12-8-4-5-9-15-12)11-7-3-2-6-10(11)13(14)16-18/h2-9,18H,1H3,(H2,14,16). The maximum absolute atomic E-state index is 8.79. The molecule has 0 amide bonds. The van der Waals surface area contributed by atoms with Gasteiger partial charge in [-0.15, -0.1) is 0 Å². The van der Waals surface area contributed by atoms with Crippen molar-refractivity contribution in [3.8, 4) is 0 Å². The van der Waals surface area contributed by atoms with E-state index < -0.39 is 0 Å². The zero-order valence-electron chi connectivity index (χ0n) is 9.99. The van der Waals surface area contributed by atoms with E-state index >= 15 is 0 Å². The average molecular weight is 242 g/mol. The fourth-order valence-electron chi connectivity index (χ4n) is 1.71. The highest BCUT2D eigenvalue weighted by molar-refractivity contribution is 6.02. The molecular formula is C13H14N4O. The third kappa shape index (κ3) is 2.24. The normalized spacial score (nSPS) is 11.3. The van der Waals surface area contributed by atoms with Crippen LogP contribution in [-0.4, -0.2) is 23.1 Å². The second-order valence-corrected chi connectivity index (χ2v) is 3.75. The molecule has 0 aliphatic carbocycles. The van der Waals surface area contributed by atoms with Crippen molar-refractivity contribution in [3.63, 3.8) is 0 Å². The fraction of sp³-hybridized carbons (Fsp3) is 0.0769. The number of nitrogens with zero attached hydrogens (tertiary/aromatic N) is 3. The third-order valence-electron chi connectivity index (χ3n) is 2.64. The van der Waals surface area contributed by atoms with Crippen molar-refractivity contribution < 1.29 is 5.21 Å². The Morgan fingerprint density at radius 3 is 2.61 bits per heavy atom. The monoisotopic (exact) mass is 242 g/mol. The number of nitrogens with two attached hydrogens (primary N) is 1. The number of aromatic nitrogens is 1. The van der Waals surface area contributed by atoms with E-state index in [-0.39, 0.29) is 5.84 Å². The van der Waals surface area contributed by atoms with Gasteiger partial charge in [0, 0.05) is 18.8 Å². The van der Waals surface area contributed by atoms with Crippen LogP contribution in [-0.2, 0) is 0 Å². The van der Waals surface area contributed by atoms with E-state index in [1.54, 1.807) is 12.3 Å². The molecule has 92 valence electrons. The lowest BCUT2D eigenvalue weighted by atomic mass is 10.1. The molecule has 2 rings (SSSR count). The minimum atomic E-state index is 0.0772. The predicted octanol–water partition coefficient (Wildman–Crippen LogP) is 1.94. The first-order chi connectivity index (χ1) is 8.74. The topological polar surface area (TPSA) is 74.7 Å². The van der Waals surface area contributed by atoms with Crippen LogP contribution in [0.2, 0.25) is 0 Å². The lowest BCUT2D eigenvalue weighted by Gasteiger charge is -2.20. The van der Waals surface area contributed by atoms with Crippen molar-refractivity contribution in [2.24, 2.45) is 10.9 Å². The molecule has 0 atom stereocenters. The first-order valence-electron chi connectivity index (χ1n) is 5.45. The molecule has 5 nitrogen and oxygen atoms in total. The molecule has 1 aromatic heterocycles. The van der Waals surface area contributed by atoms with Crippen LogP contribution in [0.15, 0.2) is 53.8 Å². The van der Waals surface area contributed by atoms with Crippen molar-refractivity contribution in [2.45, 2.75) is 0 Å². The van der Waals surface area contributed by atoms with Gasteiger partial charge in [-0.25, -0.2) is 4.98 Å². The van der Waals surface area contributed by atoms with E-state index in [1.165, 1.54) is 0 Å². The van der Waals surface area contributed by atoms with E-state index in [4.69, 9.17) is 10.9 Å². The first kappa shape index (κ1) is 11.9. The summed E-state index contributed by atoms with van der Waals surface area (Å²) in [5.41, 5.74) is 7.15. The van der Waals surface area contributed by atoms with Gasteiger partial charge in [0.1, 0.15) is 5.82 Å². The third-order valence-corrected chi connectivity index (χ3v) is 2.64. The number of amidine groups is 1. The molecule has 0 aliphatic heterocycles. The quantitative estimate of drug-likeness (QED) is 0.373. The Bertz CT molecular complexity index is 554.